The summed E-state index contributed by atoms with van der Waals surface area (Å²) in [6.45, 7) is 2.17. The third kappa shape index (κ3) is 3.23. The van der Waals surface area contributed by atoms with Crippen molar-refractivity contribution in [2.24, 2.45) is 0 Å². The predicted molar refractivity (Wildman–Crippen MR) is 91.0 cm³/mol. The molecule has 2 aromatic rings. The van der Waals surface area contributed by atoms with Gasteiger partial charge in [-0.1, -0.05) is 30.3 Å². The Bertz CT molecular complexity index is 676. The third-order valence-corrected chi connectivity index (χ3v) is 4.55. The Labute approximate surface area is 136 Å². The number of para-hydroxylation sites is 1. The van der Waals surface area contributed by atoms with E-state index in [-0.39, 0.29) is 12.0 Å². The molecule has 0 radical (unpaired) electrons. The maximum atomic E-state index is 13.4. The maximum absolute atomic E-state index is 13.4. The molecule has 0 amide bonds. The van der Waals surface area contributed by atoms with Crippen LogP contribution >= 0.6 is 0 Å². The first kappa shape index (κ1) is 16.0. The van der Waals surface area contributed by atoms with E-state index in [4.69, 9.17) is 0 Å². The van der Waals surface area contributed by atoms with E-state index in [0.29, 0.717) is 12.5 Å². The molecule has 122 valence electrons. The fraction of sp³-hybridized carbons (Fsp3) is 0.368. The lowest BCUT2D eigenvalue weighted by atomic mass is 10.0. The SMILES string of the molecule is CNC([C@H](O)Cc1cccc(F)c1)N1c2ccccc2CC1C. The third-order valence-electron chi connectivity index (χ3n) is 4.55. The summed E-state index contributed by atoms with van der Waals surface area (Å²) in [5.74, 6) is -0.268. The van der Waals surface area contributed by atoms with Crippen LogP contribution in [0, 0.1) is 5.82 Å². The van der Waals surface area contributed by atoms with Crippen LogP contribution in [0.1, 0.15) is 18.1 Å². The minimum Gasteiger partial charge on any atom is -0.389 e. The fourth-order valence-corrected chi connectivity index (χ4v) is 3.55. The largest absolute Gasteiger partial charge is 0.389 e. The molecule has 2 aromatic carbocycles. The van der Waals surface area contributed by atoms with Crippen molar-refractivity contribution >= 4 is 5.69 Å². The number of benzene rings is 2. The van der Waals surface area contributed by atoms with Gasteiger partial charge in [0.25, 0.3) is 0 Å². The second kappa shape index (κ2) is 6.69. The molecule has 0 bridgehead atoms. The molecule has 23 heavy (non-hydrogen) atoms. The number of aliphatic hydroxyl groups excluding tert-OH is 1. The first-order chi connectivity index (χ1) is 11.1. The van der Waals surface area contributed by atoms with Crippen LogP contribution < -0.4 is 10.2 Å². The number of hydrogen-bond acceptors (Lipinski definition) is 3. The Morgan fingerprint density at radius 2 is 2.04 bits per heavy atom. The van der Waals surface area contributed by atoms with E-state index in [1.54, 1.807) is 6.07 Å². The molecule has 3 atom stereocenters. The zero-order valence-corrected chi connectivity index (χ0v) is 13.5. The van der Waals surface area contributed by atoms with Crippen LogP contribution in [-0.2, 0) is 12.8 Å². The summed E-state index contributed by atoms with van der Waals surface area (Å²) in [6.07, 6.45) is 0.544. The first-order valence-corrected chi connectivity index (χ1v) is 8.06. The number of nitrogens with one attached hydrogen (secondary N) is 1. The van der Waals surface area contributed by atoms with Crippen molar-refractivity contribution in [1.29, 1.82) is 0 Å². The molecule has 3 nitrogen and oxygen atoms in total. The van der Waals surface area contributed by atoms with E-state index in [1.165, 1.54) is 17.7 Å². The van der Waals surface area contributed by atoms with Crippen molar-refractivity contribution in [3.63, 3.8) is 0 Å². The zero-order valence-electron chi connectivity index (χ0n) is 13.5. The normalized spacial score (nSPS) is 19.5. The van der Waals surface area contributed by atoms with Crippen LogP contribution in [0.15, 0.2) is 48.5 Å². The highest BCUT2D eigenvalue weighted by molar-refractivity contribution is 5.60. The van der Waals surface area contributed by atoms with E-state index in [0.717, 1.165) is 17.7 Å². The van der Waals surface area contributed by atoms with Gasteiger partial charge in [0.1, 0.15) is 12.0 Å². The molecule has 4 heteroatoms. The average Bonchev–Trinajstić information content (AvgIpc) is 2.85. The lowest BCUT2D eigenvalue weighted by molar-refractivity contribution is 0.126. The minimum absolute atomic E-state index is 0.211. The monoisotopic (exact) mass is 314 g/mol. The van der Waals surface area contributed by atoms with Crippen LogP contribution in [0.25, 0.3) is 0 Å². The van der Waals surface area contributed by atoms with Gasteiger partial charge in [0, 0.05) is 18.2 Å². The molecule has 0 spiro atoms. The number of halogens is 1. The molecular formula is C19H23FN2O. The number of aliphatic hydroxyl groups is 1. The van der Waals surface area contributed by atoms with Gasteiger partial charge in [-0.15, -0.1) is 0 Å². The summed E-state index contributed by atoms with van der Waals surface area (Å²) in [5, 5.41) is 14.0. The number of fused-ring (bicyclic) bond motifs is 1. The average molecular weight is 314 g/mol. The number of hydrogen-bond donors (Lipinski definition) is 2. The van der Waals surface area contributed by atoms with Gasteiger partial charge < -0.3 is 10.0 Å². The molecule has 3 rings (SSSR count). The summed E-state index contributed by atoms with van der Waals surface area (Å²) >= 11 is 0. The van der Waals surface area contributed by atoms with Gasteiger partial charge in [-0.25, -0.2) is 4.39 Å². The highest BCUT2D eigenvalue weighted by Crippen LogP contribution is 2.33. The van der Waals surface area contributed by atoms with Crippen LogP contribution in [0.5, 0.6) is 0 Å². The van der Waals surface area contributed by atoms with Crippen molar-refractivity contribution in [1.82, 2.24) is 5.32 Å². The van der Waals surface area contributed by atoms with Gasteiger partial charge in [-0.3, -0.25) is 5.32 Å². The van der Waals surface area contributed by atoms with Crippen molar-refractivity contribution in [2.45, 2.75) is 38.1 Å². The smallest absolute Gasteiger partial charge is 0.123 e. The molecule has 0 aliphatic carbocycles. The van der Waals surface area contributed by atoms with E-state index in [2.05, 4.69) is 29.3 Å². The number of likely N-dealkylation sites (N-methyl/N-ethyl adjacent to an activating group) is 1. The summed E-state index contributed by atoms with van der Waals surface area (Å²) in [4.78, 5) is 2.24. The van der Waals surface area contributed by atoms with E-state index in [9.17, 15) is 9.50 Å². The Morgan fingerprint density at radius 1 is 1.26 bits per heavy atom. The minimum atomic E-state index is -0.629. The lowest BCUT2D eigenvalue weighted by Gasteiger charge is -2.37. The topological polar surface area (TPSA) is 35.5 Å². The van der Waals surface area contributed by atoms with Crippen LogP contribution in [0.3, 0.4) is 0 Å². The van der Waals surface area contributed by atoms with Crippen molar-refractivity contribution < 1.29 is 9.50 Å². The summed E-state index contributed by atoms with van der Waals surface area (Å²) in [6, 6.07) is 15.0. The van der Waals surface area contributed by atoms with Crippen molar-refractivity contribution in [2.75, 3.05) is 11.9 Å². The molecule has 2 unspecified atom stereocenters. The van der Waals surface area contributed by atoms with E-state index < -0.39 is 6.10 Å². The Balaban J connectivity index is 1.82. The lowest BCUT2D eigenvalue weighted by Crippen LogP contribution is -2.54. The molecule has 1 aliphatic rings. The molecule has 1 aliphatic heterocycles. The van der Waals surface area contributed by atoms with Crippen LogP contribution in [0.4, 0.5) is 10.1 Å². The first-order valence-electron chi connectivity index (χ1n) is 8.06. The van der Waals surface area contributed by atoms with Crippen molar-refractivity contribution in [3.05, 3.63) is 65.5 Å². The molecule has 0 saturated heterocycles. The van der Waals surface area contributed by atoms with Crippen molar-refractivity contribution in [3.8, 4) is 0 Å². The molecular weight excluding hydrogens is 291 g/mol. The molecule has 0 aromatic heterocycles. The zero-order chi connectivity index (χ0) is 16.4. The molecule has 1 heterocycles. The van der Waals surface area contributed by atoms with E-state index >= 15 is 0 Å². The second-order valence-corrected chi connectivity index (χ2v) is 6.22. The van der Waals surface area contributed by atoms with Gasteiger partial charge in [0.15, 0.2) is 0 Å². The highest BCUT2D eigenvalue weighted by Gasteiger charge is 2.34. The molecule has 2 N–H and O–H groups in total. The number of rotatable bonds is 5. The number of nitrogens with zero attached hydrogens (tertiary/aromatic N) is 1. The summed E-state index contributed by atoms with van der Waals surface area (Å²) in [5.41, 5.74) is 3.27. The van der Waals surface area contributed by atoms with Gasteiger partial charge >= 0.3 is 0 Å². The van der Waals surface area contributed by atoms with Gasteiger partial charge in [0.2, 0.25) is 0 Å². The number of anilines is 1. The molecule has 0 saturated carbocycles. The highest BCUT2D eigenvalue weighted by atomic mass is 19.1. The summed E-state index contributed by atoms with van der Waals surface area (Å²) in [7, 11) is 1.85. The fourth-order valence-electron chi connectivity index (χ4n) is 3.55. The summed E-state index contributed by atoms with van der Waals surface area (Å²) < 4.78 is 13.4. The predicted octanol–water partition coefficient (Wildman–Crippen LogP) is 2.73. The Hall–Kier alpha value is -1.91. The van der Waals surface area contributed by atoms with Gasteiger partial charge in [0.05, 0.1) is 6.10 Å². The van der Waals surface area contributed by atoms with Gasteiger partial charge in [-0.05, 0) is 49.7 Å². The Kier molecular flexibility index (Phi) is 4.64. The molecule has 0 fully saturated rings. The standard InChI is InChI=1S/C19H23FN2O/c1-13-10-15-7-3-4-9-17(15)22(13)19(21-2)18(23)12-14-6-5-8-16(20)11-14/h3-9,11,13,18-19,21,23H,10,12H2,1-2H3/t13?,18-,19?/m1/s1. The van der Waals surface area contributed by atoms with Gasteiger partial charge in [-0.2, -0.15) is 0 Å². The maximum Gasteiger partial charge on any atom is 0.123 e. The quantitative estimate of drug-likeness (QED) is 0.891. The van der Waals surface area contributed by atoms with Crippen LogP contribution in [-0.4, -0.2) is 30.5 Å². The second-order valence-electron chi connectivity index (χ2n) is 6.22. The van der Waals surface area contributed by atoms with E-state index in [1.807, 2.05) is 25.2 Å². The Morgan fingerprint density at radius 3 is 2.78 bits per heavy atom. The van der Waals surface area contributed by atoms with Crippen LogP contribution in [0.2, 0.25) is 0 Å².